The van der Waals surface area contributed by atoms with E-state index in [1.807, 2.05) is 42.5 Å². The number of aliphatic hydroxyl groups is 1. The molecule has 0 amide bonds. The maximum atomic E-state index is 9.56. The van der Waals surface area contributed by atoms with Crippen molar-refractivity contribution in [3.05, 3.63) is 71.9 Å². The Morgan fingerprint density at radius 1 is 1.10 bits per heavy atom. The minimum atomic E-state index is 0.0498. The van der Waals surface area contributed by atoms with Crippen LogP contribution in [0.25, 0.3) is 27.8 Å². The Morgan fingerprint density at radius 3 is 2.70 bits per heavy atom. The van der Waals surface area contributed by atoms with Gasteiger partial charge in [0, 0.05) is 17.3 Å². The van der Waals surface area contributed by atoms with Gasteiger partial charge in [-0.05, 0) is 29.0 Å². The van der Waals surface area contributed by atoms with Gasteiger partial charge in [0.15, 0.2) is 0 Å². The van der Waals surface area contributed by atoms with Crippen LogP contribution in [0.15, 0.2) is 61.3 Å². The number of halogens is 1. The summed E-state index contributed by atoms with van der Waals surface area (Å²) >= 11 is 6.23. The number of rotatable bonds is 2. The molecule has 2 aromatic carbocycles. The van der Waals surface area contributed by atoms with E-state index < -0.39 is 0 Å². The van der Waals surface area contributed by atoms with Crippen molar-refractivity contribution in [3.8, 4) is 11.3 Å². The first-order valence-corrected chi connectivity index (χ1v) is 6.56. The minimum absolute atomic E-state index is 0.0498. The number of fused-ring (bicyclic) bond motifs is 1. The average molecular weight is 282 g/mol. The quantitative estimate of drug-likeness (QED) is 0.664. The maximum absolute atomic E-state index is 9.56. The molecule has 1 N–H and O–H groups in total. The molecule has 0 atom stereocenters. The zero-order chi connectivity index (χ0) is 14.1. The molecule has 20 heavy (non-hydrogen) atoms. The van der Waals surface area contributed by atoms with Crippen molar-refractivity contribution in [2.45, 2.75) is 0 Å². The molecule has 0 bridgehead atoms. The summed E-state index contributed by atoms with van der Waals surface area (Å²) < 4.78 is 0. The lowest BCUT2D eigenvalue weighted by Crippen LogP contribution is -1.88. The van der Waals surface area contributed by atoms with E-state index in [1.54, 1.807) is 12.3 Å². The number of hydrogen-bond donors (Lipinski definition) is 1. The van der Waals surface area contributed by atoms with Crippen LogP contribution in [-0.2, 0) is 0 Å². The highest BCUT2D eigenvalue weighted by Crippen LogP contribution is 2.32. The van der Waals surface area contributed by atoms with E-state index >= 15 is 0 Å². The monoisotopic (exact) mass is 281 g/mol. The van der Waals surface area contributed by atoms with Crippen LogP contribution < -0.4 is 0 Å². The number of pyridine rings is 1. The molecule has 1 aromatic heterocycles. The molecule has 0 aliphatic heterocycles. The van der Waals surface area contributed by atoms with Crippen molar-refractivity contribution in [2.75, 3.05) is 0 Å². The van der Waals surface area contributed by atoms with E-state index in [0.29, 0.717) is 10.6 Å². The Bertz CT molecular complexity index is 811. The van der Waals surface area contributed by atoms with Crippen LogP contribution in [0.1, 0.15) is 5.56 Å². The van der Waals surface area contributed by atoms with E-state index in [4.69, 9.17) is 11.6 Å². The first kappa shape index (κ1) is 12.7. The summed E-state index contributed by atoms with van der Waals surface area (Å²) in [6.07, 6.45) is 1.72. The molecular weight excluding hydrogens is 270 g/mol. The molecule has 0 spiro atoms. The topological polar surface area (TPSA) is 33.1 Å². The molecule has 98 valence electrons. The van der Waals surface area contributed by atoms with Crippen LogP contribution in [0.2, 0.25) is 5.02 Å². The number of aromatic nitrogens is 1. The fraction of sp³-hybridized carbons (Fsp3) is 0. The Morgan fingerprint density at radius 2 is 1.95 bits per heavy atom. The third kappa shape index (κ3) is 2.15. The maximum Gasteiger partial charge on any atom is 0.115 e. The molecule has 2 nitrogen and oxygen atoms in total. The van der Waals surface area contributed by atoms with Crippen molar-refractivity contribution in [1.82, 2.24) is 4.98 Å². The molecule has 0 radical (unpaired) electrons. The van der Waals surface area contributed by atoms with Crippen LogP contribution in [-0.4, -0.2) is 10.1 Å². The van der Waals surface area contributed by atoms with Gasteiger partial charge in [0.05, 0.1) is 10.7 Å². The summed E-state index contributed by atoms with van der Waals surface area (Å²) in [4.78, 5) is 4.36. The highest BCUT2D eigenvalue weighted by Gasteiger charge is 2.09. The standard InChI is InChI=1S/C17H12ClNO/c1-11(20)13-8-7-12-4-2-5-14(15(12)10-13)17-16(18)6-3-9-19-17/h2-10,20H,1H2. The van der Waals surface area contributed by atoms with Gasteiger partial charge in [0.2, 0.25) is 0 Å². The van der Waals surface area contributed by atoms with Gasteiger partial charge in [-0.2, -0.15) is 0 Å². The molecule has 3 heteroatoms. The normalized spacial score (nSPS) is 10.7. The fourth-order valence-electron chi connectivity index (χ4n) is 2.24. The van der Waals surface area contributed by atoms with Crippen LogP contribution in [0, 0.1) is 0 Å². The largest absolute Gasteiger partial charge is 0.508 e. The predicted molar refractivity (Wildman–Crippen MR) is 83.9 cm³/mol. The Balaban J connectivity index is 2.33. The molecule has 0 aliphatic rings. The zero-order valence-electron chi connectivity index (χ0n) is 10.7. The van der Waals surface area contributed by atoms with Crippen molar-refractivity contribution < 1.29 is 5.11 Å². The van der Waals surface area contributed by atoms with Gasteiger partial charge in [-0.3, -0.25) is 4.98 Å². The summed E-state index contributed by atoms with van der Waals surface area (Å²) in [5, 5.41) is 12.2. The molecule has 1 heterocycles. The first-order chi connectivity index (χ1) is 9.66. The second-order valence-corrected chi connectivity index (χ2v) is 4.93. The van der Waals surface area contributed by atoms with Crippen molar-refractivity contribution in [1.29, 1.82) is 0 Å². The molecule has 0 saturated heterocycles. The lowest BCUT2D eigenvalue weighted by Gasteiger charge is -2.09. The minimum Gasteiger partial charge on any atom is -0.508 e. The molecule has 0 saturated carbocycles. The van der Waals surface area contributed by atoms with Crippen molar-refractivity contribution in [2.24, 2.45) is 0 Å². The van der Waals surface area contributed by atoms with Gasteiger partial charge < -0.3 is 5.11 Å². The van der Waals surface area contributed by atoms with E-state index in [0.717, 1.165) is 22.0 Å². The van der Waals surface area contributed by atoms with Gasteiger partial charge >= 0.3 is 0 Å². The third-order valence-corrected chi connectivity index (χ3v) is 3.53. The van der Waals surface area contributed by atoms with Crippen LogP contribution in [0.5, 0.6) is 0 Å². The Labute approximate surface area is 122 Å². The van der Waals surface area contributed by atoms with Crippen LogP contribution in [0.4, 0.5) is 0 Å². The smallest absolute Gasteiger partial charge is 0.115 e. The number of hydrogen-bond acceptors (Lipinski definition) is 2. The van der Waals surface area contributed by atoms with Gasteiger partial charge in [-0.1, -0.05) is 48.5 Å². The van der Waals surface area contributed by atoms with Crippen molar-refractivity contribution in [3.63, 3.8) is 0 Å². The average Bonchev–Trinajstić information content (AvgIpc) is 2.46. The second-order valence-electron chi connectivity index (χ2n) is 4.52. The van der Waals surface area contributed by atoms with E-state index in [1.165, 1.54) is 0 Å². The lowest BCUT2D eigenvalue weighted by molar-refractivity contribution is 0.514. The van der Waals surface area contributed by atoms with E-state index in [2.05, 4.69) is 11.6 Å². The molecular formula is C17H12ClNO. The summed E-state index contributed by atoms with van der Waals surface area (Å²) in [6, 6.07) is 15.3. The number of nitrogens with zero attached hydrogens (tertiary/aromatic N) is 1. The molecule has 0 aliphatic carbocycles. The van der Waals surface area contributed by atoms with Crippen LogP contribution in [0.3, 0.4) is 0 Å². The Kier molecular flexibility index (Phi) is 3.17. The highest BCUT2D eigenvalue weighted by molar-refractivity contribution is 6.33. The zero-order valence-corrected chi connectivity index (χ0v) is 11.4. The van der Waals surface area contributed by atoms with Crippen molar-refractivity contribution >= 4 is 28.1 Å². The molecule has 0 fully saturated rings. The van der Waals surface area contributed by atoms with Gasteiger partial charge in [-0.25, -0.2) is 0 Å². The molecule has 3 rings (SSSR count). The van der Waals surface area contributed by atoms with Gasteiger partial charge in [-0.15, -0.1) is 0 Å². The first-order valence-electron chi connectivity index (χ1n) is 6.19. The van der Waals surface area contributed by atoms with E-state index in [9.17, 15) is 5.11 Å². The molecule has 0 unspecified atom stereocenters. The Hall–Kier alpha value is -2.32. The highest BCUT2D eigenvalue weighted by atomic mass is 35.5. The van der Waals surface area contributed by atoms with E-state index in [-0.39, 0.29) is 5.76 Å². The summed E-state index contributed by atoms with van der Waals surface area (Å²) in [6.45, 7) is 3.57. The SMILES string of the molecule is C=C(O)c1ccc2cccc(-c3ncccc3Cl)c2c1. The second kappa shape index (κ2) is 4.99. The summed E-state index contributed by atoms with van der Waals surface area (Å²) in [7, 11) is 0. The number of aliphatic hydroxyl groups excluding tert-OH is 1. The predicted octanol–water partition coefficient (Wildman–Crippen LogP) is 5.08. The van der Waals surface area contributed by atoms with Gasteiger partial charge in [0.1, 0.15) is 5.76 Å². The summed E-state index contributed by atoms with van der Waals surface area (Å²) in [5.41, 5.74) is 2.37. The summed E-state index contributed by atoms with van der Waals surface area (Å²) in [5.74, 6) is 0.0498. The van der Waals surface area contributed by atoms with Crippen LogP contribution >= 0.6 is 11.6 Å². The van der Waals surface area contributed by atoms with Gasteiger partial charge in [0.25, 0.3) is 0 Å². The number of benzene rings is 2. The lowest BCUT2D eigenvalue weighted by atomic mass is 9.99. The third-order valence-electron chi connectivity index (χ3n) is 3.23. The fourth-order valence-corrected chi connectivity index (χ4v) is 2.47. The molecule has 3 aromatic rings.